The Hall–Kier alpha value is -2.71. The van der Waals surface area contributed by atoms with Gasteiger partial charge in [-0.2, -0.15) is 0 Å². The van der Waals surface area contributed by atoms with Crippen molar-refractivity contribution in [3.8, 4) is 0 Å². The fourth-order valence-electron chi connectivity index (χ4n) is 4.35. The summed E-state index contributed by atoms with van der Waals surface area (Å²) in [5.74, 6) is -0.452. The second-order valence-corrected chi connectivity index (χ2v) is 10.2. The monoisotopic (exact) mass is 428 g/mol. The van der Waals surface area contributed by atoms with Crippen molar-refractivity contribution < 1.29 is 23.2 Å². The van der Waals surface area contributed by atoms with E-state index in [1.165, 1.54) is 12.1 Å². The number of fused-ring (bicyclic) bond motifs is 1. The Morgan fingerprint density at radius 2 is 1.87 bits per heavy atom. The molecule has 0 saturated carbocycles. The highest BCUT2D eigenvalue weighted by molar-refractivity contribution is 7.90. The number of hydroxylamine groups is 2. The lowest BCUT2D eigenvalue weighted by Gasteiger charge is -2.32. The molecule has 2 N–H and O–H groups in total. The fraction of sp³-hybridized carbons (Fsp3) is 0.364. The molecule has 8 heteroatoms. The second kappa shape index (κ2) is 7.52. The number of aryl methyl sites for hydroxylation is 1. The number of nitrogens with zero attached hydrogens (tertiary/aromatic N) is 1. The molecule has 1 aliphatic carbocycles. The summed E-state index contributed by atoms with van der Waals surface area (Å²) >= 11 is 0. The number of nitrogens with one attached hydrogen (secondary N) is 1. The zero-order valence-corrected chi connectivity index (χ0v) is 17.5. The average molecular weight is 429 g/mol. The normalized spacial score (nSPS) is 20.7. The molecule has 2 aliphatic rings. The zero-order chi connectivity index (χ0) is 21.5. The van der Waals surface area contributed by atoms with Crippen molar-refractivity contribution in [2.24, 2.45) is 5.41 Å². The van der Waals surface area contributed by atoms with Crippen LogP contribution >= 0.6 is 0 Å². The highest BCUT2D eigenvalue weighted by atomic mass is 32.2. The number of sulfone groups is 1. The summed E-state index contributed by atoms with van der Waals surface area (Å²) in [7, 11) is -3.30. The minimum absolute atomic E-state index is 0.0632. The molecule has 0 radical (unpaired) electrons. The van der Waals surface area contributed by atoms with Crippen LogP contribution in [0.3, 0.4) is 0 Å². The number of hydrogen-bond donors (Lipinski definition) is 2. The second-order valence-electron chi connectivity index (χ2n) is 8.23. The molecule has 1 heterocycles. The summed E-state index contributed by atoms with van der Waals surface area (Å²) in [5, 5.41) is 13.8. The van der Waals surface area contributed by atoms with Crippen molar-refractivity contribution in [1.29, 1.82) is 0 Å². The summed E-state index contributed by atoms with van der Waals surface area (Å²) in [6, 6.07) is 11.4. The summed E-state index contributed by atoms with van der Waals surface area (Å²) < 4.78 is 23.1. The van der Waals surface area contributed by atoms with Gasteiger partial charge in [0, 0.05) is 18.4 Å². The standard InChI is InChI=1S/C22H24N2O5S/c1-30(28,29)19-6-2-15(3-7-19)14-24(27)20(25)17-5-4-16-8-9-22(13-18(16)12-17)10-11-23-21(22)26/h2-7,12,27H,8-11,13-14H2,1H3,(H,23,26)/t22-/m0/s1. The number of carbonyl (C=O) groups is 2. The van der Waals surface area contributed by atoms with E-state index in [-0.39, 0.29) is 22.8 Å². The Labute approximate surface area is 175 Å². The molecule has 2 aromatic rings. The highest BCUT2D eigenvalue weighted by Crippen LogP contribution is 2.41. The van der Waals surface area contributed by atoms with E-state index in [0.717, 1.165) is 36.6 Å². The van der Waals surface area contributed by atoms with Crippen LogP contribution in [-0.2, 0) is 34.0 Å². The lowest BCUT2D eigenvalue weighted by atomic mass is 9.70. The molecule has 1 saturated heterocycles. The number of amides is 2. The van der Waals surface area contributed by atoms with Crippen molar-refractivity contribution in [3.63, 3.8) is 0 Å². The quantitative estimate of drug-likeness (QED) is 0.573. The van der Waals surface area contributed by atoms with Gasteiger partial charge < -0.3 is 5.32 Å². The van der Waals surface area contributed by atoms with Crippen LogP contribution in [0.25, 0.3) is 0 Å². The molecular weight excluding hydrogens is 404 g/mol. The Morgan fingerprint density at radius 1 is 1.13 bits per heavy atom. The van der Waals surface area contributed by atoms with E-state index in [2.05, 4.69) is 5.32 Å². The number of rotatable bonds is 4. The first kappa shape index (κ1) is 20.6. The molecule has 0 unspecified atom stereocenters. The van der Waals surface area contributed by atoms with Gasteiger partial charge in [-0.05, 0) is 66.6 Å². The molecule has 2 aromatic carbocycles. The summed E-state index contributed by atoms with van der Waals surface area (Å²) in [6.45, 7) is 0.627. The van der Waals surface area contributed by atoms with Crippen LogP contribution < -0.4 is 5.32 Å². The molecule has 1 atom stereocenters. The molecule has 4 rings (SSSR count). The van der Waals surface area contributed by atoms with Crippen molar-refractivity contribution in [2.45, 2.75) is 37.1 Å². The third-order valence-corrected chi connectivity index (χ3v) is 7.27. The van der Waals surface area contributed by atoms with Gasteiger partial charge in [0.25, 0.3) is 5.91 Å². The van der Waals surface area contributed by atoms with Crippen LogP contribution in [0.2, 0.25) is 0 Å². The van der Waals surface area contributed by atoms with Gasteiger partial charge in [-0.3, -0.25) is 14.8 Å². The molecule has 0 bridgehead atoms. The molecule has 158 valence electrons. The molecule has 1 spiro atoms. The average Bonchev–Trinajstić information content (AvgIpc) is 3.06. The third kappa shape index (κ3) is 3.85. The van der Waals surface area contributed by atoms with Crippen LogP contribution in [0.5, 0.6) is 0 Å². The van der Waals surface area contributed by atoms with Gasteiger partial charge in [-0.1, -0.05) is 18.2 Å². The van der Waals surface area contributed by atoms with E-state index in [0.29, 0.717) is 29.2 Å². The lowest BCUT2D eigenvalue weighted by molar-refractivity contribution is -0.128. The Kier molecular flexibility index (Phi) is 5.15. The first-order valence-electron chi connectivity index (χ1n) is 9.88. The van der Waals surface area contributed by atoms with E-state index in [1.807, 2.05) is 6.07 Å². The number of benzene rings is 2. The lowest BCUT2D eigenvalue weighted by Crippen LogP contribution is -2.36. The zero-order valence-electron chi connectivity index (χ0n) is 16.7. The van der Waals surface area contributed by atoms with Gasteiger partial charge in [0.1, 0.15) is 0 Å². The molecule has 2 amide bonds. The van der Waals surface area contributed by atoms with Crippen molar-refractivity contribution in [1.82, 2.24) is 10.4 Å². The first-order valence-corrected chi connectivity index (χ1v) is 11.8. The van der Waals surface area contributed by atoms with Gasteiger partial charge in [0.05, 0.1) is 16.9 Å². The predicted molar refractivity (Wildman–Crippen MR) is 110 cm³/mol. The molecule has 0 aromatic heterocycles. The Balaban J connectivity index is 1.50. The van der Waals surface area contributed by atoms with E-state index < -0.39 is 15.7 Å². The van der Waals surface area contributed by atoms with Crippen LogP contribution in [0, 0.1) is 5.41 Å². The first-order chi connectivity index (χ1) is 14.2. The van der Waals surface area contributed by atoms with E-state index in [4.69, 9.17) is 0 Å². The van der Waals surface area contributed by atoms with E-state index in [9.17, 15) is 23.2 Å². The molecule has 7 nitrogen and oxygen atoms in total. The molecule has 30 heavy (non-hydrogen) atoms. The van der Waals surface area contributed by atoms with Crippen LogP contribution in [0.4, 0.5) is 0 Å². The van der Waals surface area contributed by atoms with Gasteiger partial charge in [-0.15, -0.1) is 0 Å². The maximum absolute atomic E-state index is 12.7. The smallest absolute Gasteiger partial charge is 0.277 e. The predicted octanol–water partition coefficient (Wildman–Crippen LogP) is 2.12. The van der Waals surface area contributed by atoms with E-state index in [1.54, 1.807) is 24.3 Å². The summed E-state index contributed by atoms with van der Waals surface area (Å²) in [6.07, 6.45) is 4.15. The van der Waals surface area contributed by atoms with Crippen molar-refractivity contribution >= 4 is 21.7 Å². The Morgan fingerprint density at radius 3 is 2.50 bits per heavy atom. The maximum Gasteiger partial charge on any atom is 0.277 e. The van der Waals surface area contributed by atoms with Gasteiger partial charge in [0.15, 0.2) is 9.84 Å². The maximum atomic E-state index is 12.7. The van der Waals surface area contributed by atoms with Gasteiger partial charge >= 0.3 is 0 Å². The van der Waals surface area contributed by atoms with Gasteiger partial charge in [0.2, 0.25) is 5.91 Å². The molecular formula is C22H24N2O5S. The largest absolute Gasteiger partial charge is 0.356 e. The SMILES string of the molecule is CS(=O)(=O)c1ccc(CN(O)C(=O)c2ccc3c(c2)C[C@@]2(CCNC2=O)CC3)cc1. The van der Waals surface area contributed by atoms with Gasteiger partial charge in [-0.25, -0.2) is 13.5 Å². The van der Waals surface area contributed by atoms with Crippen LogP contribution in [0.1, 0.15) is 39.9 Å². The summed E-state index contributed by atoms with van der Waals surface area (Å²) in [5.41, 5.74) is 2.71. The van der Waals surface area contributed by atoms with E-state index >= 15 is 0 Å². The van der Waals surface area contributed by atoms with Crippen molar-refractivity contribution in [2.75, 3.05) is 12.8 Å². The van der Waals surface area contributed by atoms with Crippen LogP contribution in [-0.4, -0.2) is 43.3 Å². The topological polar surface area (TPSA) is 104 Å². The molecule has 1 fully saturated rings. The number of carbonyl (C=O) groups excluding carboxylic acids is 2. The minimum atomic E-state index is -3.30. The Bertz CT molecular complexity index is 1110. The molecule has 1 aliphatic heterocycles. The van der Waals surface area contributed by atoms with Crippen LogP contribution in [0.15, 0.2) is 47.4 Å². The third-order valence-electron chi connectivity index (χ3n) is 6.14. The highest BCUT2D eigenvalue weighted by Gasteiger charge is 2.44. The number of hydrogen-bond acceptors (Lipinski definition) is 5. The minimum Gasteiger partial charge on any atom is -0.356 e. The van der Waals surface area contributed by atoms with Crippen molar-refractivity contribution in [3.05, 3.63) is 64.7 Å². The fourth-order valence-corrected chi connectivity index (χ4v) is 4.98. The summed E-state index contributed by atoms with van der Waals surface area (Å²) in [4.78, 5) is 25.2.